The number of aromatic hydroxyl groups is 3. The van der Waals surface area contributed by atoms with E-state index in [1.165, 1.54) is 31.2 Å². The smallest absolute Gasteiger partial charge is 0.335 e. The van der Waals surface area contributed by atoms with Crippen LogP contribution in [-0.2, 0) is 28.5 Å². The lowest BCUT2D eigenvalue weighted by atomic mass is 9.96. The van der Waals surface area contributed by atoms with E-state index in [1.54, 1.807) is 0 Å². The second kappa shape index (κ2) is 15.5. The van der Waals surface area contributed by atoms with Gasteiger partial charge in [-0.05, 0) is 31.2 Å². The molecular formula is C33H38O21. The Hall–Kier alpha value is -4.20. The Morgan fingerprint density at radius 2 is 1.33 bits per heavy atom. The standard InChI is InChI=1S/C33H38O21/c1-9-17(38)20(41)22(43)31(48-9)54-29-27(51-32-23(44)21(42)18(39)15(8-34)50-32)24(45)28(30(46)47)53-33(29)52-26-19(40)16-13(37)6-12(36)7-14(16)49-25(26)10-2-4-11(35)5-3-10/h2-7,9,15,17-18,20-24,27-29,31-39,41-45H,8H2,1H3,(H,46,47)/t9-,15+,17-,18+,20+,21-,22+,23+,24-,27-,28-,29+,31-,32-,33+/m0/s1. The summed E-state index contributed by atoms with van der Waals surface area (Å²) >= 11 is 0. The number of benzene rings is 2. The fourth-order valence-corrected chi connectivity index (χ4v) is 6.33. The van der Waals surface area contributed by atoms with Crippen LogP contribution in [0, 0.1) is 0 Å². The van der Waals surface area contributed by atoms with E-state index in [0.29, 0.717) is 0 Å². The van der Waals surface area contributed by atoms with E-state index in [1.807, 2.05) is 0 Å². The van der Waals surface area contributed by atoms with Gasteiger partial charge in [-0.1, -0.05) is 0 Å². The summed E-state index contributed by atoms with van der Waals surface area (Å²) in [7, 11) is 0. The highest BCUT2D eigenvalue weighted by Crippen LogP contribution is 2.39. The minimum absolute atomic E-state index is 0.0406. The molecule has 4 heterocycles. The Morgan fingerprint density at radius 1 is 0.722 bits per heavy atom. The van der Waals surface area contributed by atoms with Gasteiger partial charge in [-0.2, -0.15) is 0 Å². The zero-order chi connectivity index (χ0) is 39.3. The lowest BCUT2D eigenvalue weighted by Gasteiger charge is -2.48. The first-order chi connectivity index (χ1) is 25.5. The second-order valence-electron chi connectivity index (χ2n) is 12.9. The molecule has 6 rings (SSSR count). The molecule has 0 spiro atoms. The number of phenolic OH excluding ortho intramolecular Hbond substituents is 3. The number of aliphatic carboxylic acids is 1. The first-order valence-electron chi connectivity index (χ1n) is 16.4. The Kier molecular flexibility index (Phi) is 11.3. The monoisotopic (exact) mass is 770 g/mol. The number of carbonyl (C=O) groups is 1. The zero-order valence-corrected chi connectivity index (χ0v) is 27.9. The summed E-state index contributed by atoms with van der Waals surface area (Å²) in [6.45, 7) is 0.389. The fourth-order valence-electron chi connectivity index (χ4n) is 6.33. The summed E-state index contributed by atoms with van der Waals surface area (Å²) in [5.74, 6) is -4.57. The SMILES string of the molecule is C[C@@H]1O[C@@H](O[C@H]2[C@H](Oc3c(-c4ccc(O)cc4)oc4cc(O)cc(O)c4c3=O)O[C@H](C(=O)O)[C@@H](O)[C@@H]2O[C@@H]2O[C@H](CO)[C@@H](O)[C@H](O)[C@H]2O)[C@H](O)[C@H](O)[C@H]1O. The average Bonchev–Trinajstić information content (AvgIpc) is 3.12. The summed E-state index contributed by atoms with van der Waals surface area (Å²) in [5, 5.41) is 124. The first-order valence-corrected chi connectivity index (χ1v) is 16.4. The highest BCUT2D eigenvalue weighted by Gasteiger charge is 2.56. The van der Waals surface area contributed by atoms with Crippen molar-refractivity contribution in [2.45, 2.75) is 99.0 Å². The molecule has 54 heavy (non-hydrogen) atoms. The van der Waals surface area contributed by atoms with Crippen LogP contribution in [0.3, 0.4) is 0 Å². The van der Waals surface area contributed by atoms with Gasteiger partial charge < -0.3 is 94.1 Å². The number of carboxylic acids is 1. The molecule has 21 nitrogen and oxygen atoms in total. The van der Waals surface area contributed by atoms with Crippen molar-refractivity contribution >= 4 is 16.9 Å². The Labute approximate surface area is 302 Å². The van der Waals surface area contributed by atoms with Gasteiger partial charge in [0.25, 0.3) is 0 Å². The molecule has 3 aromatic rings. The third kappa shape index (κ3) is 7.29. The molecular weight excluding hydrogens is 732 g/mol. The predicted molar refractivity (Wildman–Crippen MR) is 172 cm³/mol. The number of aliphatic hydroxyl groups excluding tert-OH is 8. The molecule has 0 saturated carbocycles. The molecule has 12 N–H and O–H groups in total. The van der Waals surface area contributed by atoms with Crippen LogP contribution >= 0.6 is 0 Å². The fraction of sp³-hybridized carbons (Fsp3) is 0.515. The summed E-state index contributed by atoms with van der Waals surface area (Å²) < 4.78 is 40.1. The van der Waals surface area contributed by atoms with Gasteiger partial charge in [0.05, 0.1) is 12.7 Å². The normalized spacial score (nSPS) is 37.2. The molecule has 3 saturated heterocycles. The van der Waals surface area contributed by atoms with Crippen molar-refractivity contribution in [3.05, 3.63) is 46.6 Å². The molecule has 0 amide bonds. The second-order valence-corrected chi connectivity index (χ2v) is 12.9. The van der Waals surface area contributed by atoms with Gasteiger partial charge >= 0.3 is 5.97 Å². The molecule has 3 aliphatic heterocycles. The van der Waals surface area contributed by atoms with E-state index in [-0.39, 0.29) is 16.9 Å². The molecule has 15 atom stereocenters. The number of hydrogen-bond donors (Lipinski definition) is 12. The molecule has 21 heteroatoms. The lowest BCUT2D eigenvalue weighted by Crippen LogP contribution is -2.68. The third-order valence-corrected chi connectivity index (χ3v) is 9.28. The van der Waals surface area contributed by atoms with E-state index in [4.69, 9.17) is 32.8 Å². The van der Waals surface area contributed by atoms with Crippen LogP contribution in [0.25, 0.3) is 22.3 Å². The van der Waals surface area contributed by atoms with E-state index in [9.17, 15) is 70.9 Å². The van der Waals surface area contributed by atoms with Crippen LogP contribution in [0.4, 0.5) is 0 Å². The van der Waals surface area contributed by atoms with Crippen LogP contribution in [0.15, 0.2) is 45.6 Å². The van der Waals surface area contributed by atoms with Gasteiger partial charge in [0, 0.05) is 17.7 Å². The summed E-state index contributed by atoms with van der Waals surface area (Å²) in [4.78, 5) is 26.6. The van der Waals surface area contributed by atoms with Crippen LogP contribution in [0.5, 0.6) is 23.0 Å². The molecule has 296 valence electrons. The van der Waals surface area contributed by atoms with Gasteiger partial charge in [0.2, 0.25) is 17.5 Å². The number of hydrogen-bond acceptors (Lipinski definition) is 20. The van der Waals surface area contributed by atoms with Gasteiger partial charge in [0.1, 0.15) is 83.2 Å². The Balaban J connectivity index is 1.49. The number of rotatable bonds is 9. The number of aliphatic hydroxyl groups is 8. The Bertz CT molecular complexity index is 1870. The van der Waals surface area contributed by atoms with Crippen molar-refractivity contribution in [3.63, 3.8) is 0 Å². The van der Waals surface area contributed by atoms with Crippen molar-refractivity contribution in [1.82, 2.24) is 0 Å². The largest absolute Gasteiger partial charge is 0.508 e. The van der Waals surface area contributed by atoms with Gasteiger partial charge in [-0.15, -0.1) is 0 Å². The van der Waals surface area contributed by atoms with Crippen molar-refractivity contribution in [1.29, 1.82) is 0 Å². The van der Waals surface area contributed by atoms with Crippen molar-refractivity contribution in [3.8, 4) is 34.3 Å². The molecule has 0 bridgehead atoms. The van der Waals surface area contributed by atoms with Gasteiger partial charge in [-0.25, -0.2) is 4.79 Å². The van der Waals surface area contributed by atoms with E-state index < -0.39 is 139 Å². The minimum Gasteiger partial charge on any atom is -0.508 e. The third-order valence-electron chi connectivity index (χ3n) is 9.28. The molecule has 1 aromatic heterocycles. The summed E-state index contributed by atoms with van der Waals surface area (Å²) in [5.41, 5.74) is -1.45. The average molecular weight is 771 g/mol. The highest BCUT2D eigenvalue weighted by molar-refractivity contribution is 5.88. The predicted octanol–water partition coefficient (Wildman–Crippen LogP) is -3.48. The van der Waals surface area contributed by atoms with Gasteiger partial charge in [-0.3, -0.25) is 4.79 Å². The molecule has 2 aromatic carbocycles. The zero-order valence-electron chi connectivity index (χ0n) is 27.9. The van der Waals surface area contributed by atoms with Gasteiger partial charge in [0.15, 0.2) is 30.5 Å². The van der Waals surface area contributed by atoms with Crippen molar-refractivity contribution < 1.29 is 98.9 Å². The molecule has 0 aliphatic carbocycles. The maximum absolute atomic E-state index is 14.1. The lowest BCUT2D eigenvalue weighted by molar-refractivity contribution is -0.380. The quantitative estimate of drug-likeness (QED) is 0.100. The highest BCUT2D eigenvalue weighted by atomic mass is 16.8. The Morgan fingerprint density at radius 3 is 1.96 bits per heavy atom. The summed E-state index contributed by atoms with van der Waals surface area (Å²) in [6, 6.07) is 6.78. The van der Waals surface area contributed by atoms with Crippen LogP contribution < -0.4 is 10.2 Å². The number of phenols is 3. The maximum Gasteiger partial charge on any atom is 0.335 e. The maximum atomic E-state index is 14.1. The topological polar surface area (TPSA) is 345 Å². The van der Waals surface area contributed by atoms with Crippen LogP contribution in [-0.4, -0.2) is 166 Å². The minimum atomic E-state index is -2.30. The number of carboxylic acid groups (broad SMARTS) is 1. The number of fused-ring (bicyclic) bond motifs is 1. The van der Waals surface area contributed by atoms with E-state index >= 15 is 0 Å². The molecule has 3 fully saturated rings. The van der Waals surface area contributed by atoms with Crippen LogP contribution in [0.2, 0.25) is 0 Å². The number of ether oxygens (including phenoxy) is 6. The van der Waals surface area contributed by atoms with Crippen molar-refractivity contribution in [2.75, 3.05) is 6.61 Å². The molecule has 3 aliphatic rings. The van der Waals surface area contributed by atoms with Crippen molar-refractivity contribution in [2.24, 2.45) is 0 Å². The molecule has 0 radical (unpaired) electrons. The molecule has 0 unspecified atom stereocenters. The summed E-state index contributed by atoms with van der Waals surface area (Å²) in [6.07, 6.45) is -29.3. The van der Waals surface area contributed by atoms with Crippen LogP contribution in [0.1, 0.15) is 6.92 Å². The van der Waals surface area contributed by atoms with E-state index in [0.717, 1.165) is 12.1 Å². The first kappa shape index (κ1) is 39.5. The van der Waals surface area contributed by atoms with E-state index in [2.05, 4.69) is 0 Å².